The quantitative estimate of drug-likeness (QED) is 0.459. The molecule has 33 heavy (non-hydrogen) atoms. The zero-order valence-corrected chi connectivity index (χ0v) is 17.9. The number of amides is 1. The van der Waals surface area contributed by atoms with Gasteiger partial charge in [0.05, 0.1) is 11.3 Å². The van der Waals surface area contributed by atoms with Crippen LogP contribution in [0.25, 0.3) is 22.4 Å². The Balaban J connectivity index is 1.95. The van der Waals surface area contributed by atoms with E-state index in [2.05, 4.69) is 10.4 Å². The molecular formula is C26H21N3O4. The SMILES string of the molecule is CCn1nc(-c2ccccc2)c(-c2ccccc2)c(C(=O)Nc2cccc(C(=O)O)c2)c1=O. The second-order valence-corrected chi connectivity index (χ2v) is 7.29. The summed E-state index contributed by atoms with van der Waals surface area (Å²) in [5.41, 5.74) is 2.09. The average Bonchev–Trinajstić information content (AvgIpc) is 2.84. The molecule has 0 aliphatic rings. The van der Waals surface area contributed by atoms with Crippen LogP contribution in [0.4, 0.5) is 5.69 Å². The highest BCUT2D eigenvalue weighted by atomic mass is 16.4. The van der Waals surface area contributed by atoms with Gasteiger partial charge in [0.1, 0.15) is 5.56 Å². The lowest BCUT2D eigenvalue weighted by Gasteiger charge is -2.17. The molecule has 4 rings (SSSR count). The van der Waals surface area contributed by atoms with E-state index in [1.54, 1.807) is 13.0 Å². The van der Waals surface area contributed by atoms with Gasteiger partial charge < -0.3 is 10.4 Å². The van der Waals surface area contributed by atoms with Crippen LogP contribution in [0, 0.1) is 0 Å². The molecule has 164 valence electrons. The first-order valence-corrected chi connectivity index (χ1v) is 10.4. The summed E-state index contributed by atoms with van der Waals surface area (Å²) in [4.78, 5) is 38.1. The highest BCUT2D eigenvalue weighted by molar-refractivity contribution is 6.10. The fourth-order valence-electron chi connectivity index (χ4n) is 3.60. The zero-order chi connectivity index (χ0) is 23.4. The van der Waals surface area contributed by atoms with Gasteiger partial charge in [-0.2, -0.15) is 5.10 Å². The van der Waals surface area contributed by atoms with E-state index in [4.69, 9.17) is 0 Å². The smallest absolute Gasteiger partial charge is 0.335 e. The second-order valence-electron chi connectivity index (χ2n) is 7.29. The molecule has 0 bridgehead atoms. The number of nitrogens with zero attached hydrogens (tertiary/aromatic N) is 2. The summed E-state index contributed by atoms with van der Waals surface area (Å²) in [5, 5.41) is 16.5. The van der Waals surface area contributed by atoms with Gasteiger partial charge in [0.25, 0.3) is 11.5 Å². The molecule has 4 aromatic rings. The molecule has 2 N–H and O–H groups in total. The first kappa shape index (κ1) is 21.7. The number of carbonyl (C=O) groups is 2. The molecule has 3 aromatic carbocycles. The van der Waals surface area contributed by atoms with E-state index in [0.717, 1.165) is 5.56 Å². The van der Waals surface area contributed by atoms with Gasteiger partial charge in [0.15, 0.2) is 0 Å². The van der Waals surface area contributed by atoms with E-state index in [0.29, 0.717) is 16.8 Å². The fourth-order valence-corrected chi connectivity index (χ4v) is 3.60. The lowest BCUT2D eigenvalue weighted by Crippen LogP contribution is -2.32. The van der Waals surface area contributed by atoms with Crippen molar-refractivity contribution in [2.75, 3.05) is 5.32 Å². The lowest BCUT2D eigenvalue weighted by atomic mass is 9.95. The summed E-state index contributed by atoms with van der Waals surface area (Å²) in [6, 6.07) is 24.4. The van der Waals surface area contributed by atoms with Crippen molar-refractivity contribution in [3.8, 4) is 22.4 Å². The molecule has 7 heteroatoms. The van der Waals surface area contributed by atoms with E-state index in [9.17, 15) is 19.5 Å². The van der Waals surface area contributed by atoms with Crippen molar-refractivity contribution in [3.05, 3.63) is 106 Å². The summed E-state index contributed by atoms with van der Waals surface area (Å²) in [5.74, 6) is -1.75. The van der Waals surface area contributed by atoms with Gasteiger partial charge in [-0.25, -0.2) is 9.48 Å². The molecular weight excluding hydrogens is 418 g/mol. The minimum atomic E-state index is -1.11. The highest BCUT2D eigenvalue weighted by Gasteiger charge is 2.25. The van der Waals surface area contributed by atoms with Crippen LogP contribution < -0.4 is 10.9 Å². The van der Waals surface area contributed by atoms with Crippen molar-refractivity contribution in [1.29, 1.82) is 0 Å². The minimum Gasteiger partial charge on any atom is -0.478 e. The van der Waals surface area contributed by atoms with Crippen LogP contribution in [-0.2, 0) is 6.54 Å². The lowest BCUT2D eigenvalue weighted by molar-refractivity contribution is 0.0696. The second kappa shape index (κ2) is 9.32. The van der Waals surface area contributed by atoms with Crippen molar-refractivity contribution in [2.45, 2.75) is 13.5 Å². The number of aromatic carboxylic acids is 1. The molecule has 1 amide bonds. The van der Waals surface area contributed by atoms with Crippen molar-refractivity contribution < 1.29 is 14.7 Å². The number of carbonyl (C=O) groups excluding carboxylic acids is 1. The standard InChI is InChI=1S/C26H21N3O4/c1-2-29-25(31)22(24(30)27-20-15-9-14-19(16-20)26(32)33)21(17-10-5-3-6-11-17)23(28-29)18-12-7-4-8-13-18/h3-16H,2H2,1H3,(H,27,30)(H,32,33). The number of aromatic nitrogens is 2. The summed E-state index contributed by atoms with van der Waals surface area (Å²) in [7, 11) is 0. The number of anilines is 1. The van der Waals surface area contributed by atoms with Crippen LogP contribution >= 0.6 is 0 Å². The summed E-state index contributed by atoms with van der Waals surface area (Å²) < 4.78 is 1.26. The zero-order valence-electron chi connectivity index (χ0n) is 17.9. The Morgan fingerprint density at radius 3 is 2.15 bits per heavy atom. The Kier molecular flexibility index (Phi) is 6.13. The van der Waals surface area contributed by atoms with Gasteiger partial charge in [-0.05, 0) is 30.7 Å². The summed E-state index contributed by atoms with van der Waals surface area (Å²) >= 11 is 0. The number of carboxylic acids is 1. The molecule has 0 atom stereocenters. The third-order valence-corrected chi connectivity index (χ3v) is 5.16. The molecule has 1 heterocycles. The number of benzene rings is 3. The predicted molar refractivity (Wildman–Crippen MR) is 126 cm³/mol. The van der Waals surface area contributed by atoms with Crippen molar-refractivity contribution in [1.82, 2.24) is 9.78 Å². The normalized spacial score (nSPS) is 10.6. The Labute approximate surface area is 190 Å². The first-order chi connectivity index (χ1) is 16.0. The minimum absolute atomic E-state index is 0.0294. The third kappa shape index (κ3) is 4.43. The van der Waals surface area contributed by atoms with Crippen molar-refractivity contribution >= 4 is 17.6 Å². The Morgan fingerprint density at radius 1 is 0.909 bits per heavy atom. The van der Waals surface area contributed by atoms with Crippen molar-refractivity contribution in [3.63, 3.8) is 0 Å². The molecule has 0 saturated heterocycles. The molecule has 0 spiro atoms. The molecule has 0 unspecified atom stereocenters. The molecule has 7 nitrogen and oxygen atoms in total. The van der Waals surface area contributed by atoms with Crippen LogP contribution in [0.1, 0.15) is 27.6 Å². The van der Waals surface area contributed by atoms with Crippen LogP contribution in [0.5, 0.6) is 0 Å². The number of nitrogens with one attached hydrogen (secondary N) is 1. The van der Waals surface area contributed by atoms with E-state index in [-0.39, 0.29) is 23.4 Å². The molecule has 0 saturated carbocycles. The molecule has 0 aliphatic carbocycles. The van der Waals surface area contributed by atoms with Crippen LogP contribution in [-0.4, -0.2) is 26.8 Å². The highest BCUT2D eigenvalue weighted by Crippen LogP contribution is 2.32. The van der Waals surface area contributed by atoms with E-state index >= 15 is 0 Å². The maximum atomic E-state index is 13.5. The van der Waals surface area contributed by atoms with E-state index in [1.165, 1.54) is 22.9 Å². The van der Waals surface area contributed by atoms with E-state index in [1.807, 2.05) is 60.7 Å². The summed E-state index contributed by atoms with van der Waals surface area (Å²) in [6.07, 6.45) is 0. The fraction of sp³-hybridized carbons (Fsp3) is 0.0769. The Morgan fingerprint density at radius 2 is 1.55 bits per heavy atom. The number of hydrogen-bond acceptors (Lipinski definition) is 4. The van der Waals surface area contributed by atoms with Gasteiger partial charge in [-0.1, -0.05) is 66.7 Å². The Hall–Kier alpha value is -4.52. The Bertz CT molecular complexity index is 1380. The summed E-state index contributed by atoms with van der Waals surface area (Å²) in [6.45, 7) is 2.06. The number of aryl methyl sites for hydroxylation is 1. The van der Waals surface area contributed by atoms with Crippen LogP contribution in [0.2, 0.25) is 0 Å². The number of carboxylic acid groups (broad SMARTS) is 1. The van der Waals surface area contributed by atoms with E-state index < -0.39 is 17.4 Å². The molecule has 0 aliphatic heterocycles. The molecule has 0 fully saturated rings. The maximum absolute atomic E-state index is 13.5. The number of rotatable bonds is 6. The van der Waals surface area contributed by atoms with Gasteiger partial charge in [-0.15, -0.1) is 0 Å². The van der Waals surface area contributed by atoms with Crippen LogP contribution in [0.3, 0.4) is 0 Å². The van der Waals surface area contributed by atoms with Gasteiger partial charge in [0, 0.05) is 23.4 Å². The van der Waals surface area contributed by atoms with Crippen molar-refractivity contribution in [2.24, 2.45) is 0 Å². The van der Waals surface area contributed by atoms with Gasteiger partial charge >= 0.3 is 5.97 Å². The number of hydrogen-bond donors (Lipinski definition) is 2. The van der Waals surface area contributed by atoms with Gasteiger partial charge in [-0.3, -0.25) is 9.59 Å². The predicted octanol–water partition coefficient (Wildman–Crippen LogP) is 4.55. The van der Waals surface area contributed by atoms with Gasteiger partial charge in [0.2, 0.25) is 0 Å². The molecule has 0 radical (unpaired) electrons. The first-order valence-electron chi connectivity index (χ1n) is 10.4. The third-order valence-electron chi connectivity index (χ3n) is 5.16. The monoisotopic (exact) mass is 439 g/mol. The average molecular weight is 439 g/mol. The topological polar surface area (TPSA) is 101 Å². The van der Waals surface area contributed by atoms with Crippen LogP contribution in [0.15, 0.2) is 89.7 Å². The largest absolute Gasteiger partial charge is 0.478 e. The molecule has 1 aromatic heterocycles. The maximum Gasteiger partial charge on any atom is 0.335 e.